The quantitative estimate of drug-likeness (QED) is 0.726. The Morgan fingerprint density at radius 3 is 2.61 bits per heavy atom. The molecule has 0 fully saturated rings. The van der Waals surface area contributed by atoms with Crippen molar-refractivity contribution in [2.24, 2.45) is 5.73 Å². The molecule has 1 aliphatic heterocycles. The molecular weight excluding hydrogens is 356 g/mol. The van der Waals surface area contributed by atoms with Crippen LogP contribution in [0, 0.1) is 11.3 Å². The molecule has 140 valence electrons. The number of nitriles is 1. The highest BCUT2D eigenvalue weighted by atomic mass is 16.5. The number of aromatic amines is 1. The molecule has 3 N–H and O–H groups in total. The molecule has 0 unspecified atom stereocenters. The highest BCUT2D eigenvalue weighted by molar-refractivity contribution is 5.71. The number of nitrogens with two attached hydrogens (primary N) is 1. The molecule has 0 saturated heterocycles. The fourth-order valence-electron chi connectivity index (χ4n) is 3.44. The second kappa shape index (κ2) is 7.00. The van der Waals surface area contributed by atoms with E-state index in [4.69, 9.17) is 19.9 Å². The van der Waals surface area contributed by atoms with Gasteiger partial charge in [-0.25, -0.2) is 0 Å². The lowest BCUT2D eigenvalue weighted by atomic mass is 9.82. The van der Waals surface area contributed by atoms with E-state index in [1.807, 2.05) is 42.5 Å². The number of hydrogen-bond acceptors (Lipinski definition) is 6. The van der Waals surface area contributed by atoms with Crippen LogP contribution in [0.2, 0.25) is 0 Å². The van der Waals surface area contributed by atoms with Gasteiger partial charge in [0.1, 0.15) is 23.1 Å². The van der Waals surface area contributed by atoms with Crippen LogP contribution in [-0.2, 0) is 0 Å². The average molecular weight is 374 g/mol. The minimum atomic E-state index is -0.497. The van der Waals surface area contributed by atoms with Crippen LogP contribution in [-0.4, -0.2) is 24.4 Å². The van der Waals surface area contributed by atoms with Crippen LogP contribution in [0.15, 0.2) is 60.0 Å². The maximum Gasteiger partial charge on any atom is 0.244 e. The van der Waals surface area contributed by atoms with Crippen LogP contribution < -0.4 is 19.9 Å². The number of aromatic nitrogens is 2. The highest BCUT2D eigenvalue weighted by Gasteiger charge is 2.37. The molecule has 7 heteroatoms. The average Bonchev–Trinajstić information content (AvgIpc) is 3.16. The minimum absolute atomic E-state index is 0.0315. The van der Waals surface area contributed by atoms with Crippen molar-refractivity contribution in [1.82, 2.24) is 10.2 Å². The third kappa shape index (κ3) is 2.72. The zero-order valence-electron chi connectivity index (χ0n) is 15.4. The molecule has 0 saturated carbocycles. The second-order valence-electron chi connectivity index (χ2n) is 6.22. The molecule has 4 rings (SSSR count). The van der Waals surface area contributed by atoms with Gasteiger partial charge in [-0.1, -0.05) is 36.4 Å². The monoisotopic (exact) mass is 374 g/mol. The summed E-state index contributed by atoms with van der Waals surface area (Å²) in [5.74, 6) is 1.11. The zero-order valence-corrected chi connectivity index (χ0v) is 15.4. The molecule has 2 heterocycles. The third-order valence-corrected chi connectivity index (χ3v) is 4.75. The molecule has 1 aliphatic rings. The Hall–Kier alpha value is -3.92. The Balaban J connectivity index is 1.97. The van der Waals surface area contributed by atoms with Gasteiger partial charge < -0.3 is 19.9 Å². The number of methoxy groups -OCH3 is 2. The Bertz CT molecular complexity index is 1100. The van der Waals surface area contributed by atoms with Crippen molar-refractivity contribution in [1.29, 1.82) is 5.26 Å². The zero-order chi connectivity index (χ0) is 19.7. The number of nitrogens with one attached hydrogen (secondary N) is 1. The fourth-order valence-corrected chi connectivity index (χ4v) is 3.44. The minimum Gasteiger partial charge on any atom is -0.497 e. The lowest BCUT2D eigenvalue weighted by molar-refractivity contribution is 0.373. The SMILES string of the molecule is COc1ccc([C@H]2C(C#N)=C(N)Oc3n[nH]c(-c4ccccc4)c32)c(OC)c1. The Morgan fingerprint density at radius 1 is 1.14 bits per heavy atom. The van der Waals surface area contributed by atoms with Gasteiger partial charge in [0, 0.05) is 11.6 Å². The van der Waals surface area contributed by atoms with Gasteiger partial charge in [-0.15, -0.1) is 5.10 Å². The lowest BCUT2D eigenvalue weighted by Gasteiger charge is -2.25. The number of ether oxygens (including phenoxy) is 3. The molecule has 0 spiro atoms. The lowest BCUT2D eigenvalue weighted by Crippen LogP contribution is -2.21. The van der Waals surface area contributed by atoms with Crippen molar-refractivity contribution in [2.75, 3.05) is 14.2 Å². The summed E-state index contributed by atoms with van der Waals surface area (Å²) in [6.45, 7) is 0. The van der Waals surface area contributed by atoms with Gasteiger partial charge in [-0.05, 0) is 11.6 Å². The van der Waals surface area contributed by atoms with Crippen LogP contribution in [0.25, 0.3) is 11.3 Å². The number of rotatable bonds is 4. The third-order valence-electron chi connectivity index (χ3n) is 4.75. The van der Waals surface area contributed by atoms with Gasteiger partial charge >= 0.3 is 0 Å². The number of nitrogens with zero attached hydrogens (tertiary/aromatic N) is 2. The van der Waals surface area contributed by atoms with E-state index in [2.05, 4.69) is 16.3 Å². The van der Waals surface area contributed by atoms with Gasteiger partial charge in [0.05, 0.1) is 31.4 Å². The molecule has 0 aliphatic carbocycles. The molecule has 0 bridgehead atoms. The number of hydrogen-bond donors (Lipinski definition) is 2. The maximum atomic E-state index is 9.82. The van der Waals surface area contributed by atoms with E-state index in [0.717, 1.165) is 22.4 Å². The molecular formula is C21H18N4O3. The van der Waals surface area contributed by atoms with Crippen LogP contribution in [0.5, 0.6) is 17.4 Å². The first kappa shape index (κ1) is 17.5. The Labute approximate surface area is 162 Å². The van der Waals surface area contributed by atoms with Crippen LogP contribution >= 0.6 is 0 Å². The van der Waals surface area contributed by atoms with Gasteiger partial charge in [-0.3, -0.25) is 5.10 Å². The topological polar surface area (TPSA) is 106 Å². The van der Waals surface area contributed by atoms with Crippen molar-refractivity contribution >= 4 is 0 Å². The van der Waals surface area contributed by atoms with Gasteiger partial charge in [0.15, 0.2) is 0 Å². The van der Waals surface area contributed by atoms with E-state index in [1.54, 1.807) is 20.3 Å². The first-order valence-corrected chi connectivity index (χ1v) is 8.61. The number of H-pyrrole nitrogens is 1. The summed E-state index contributed by atoms with van der Waals surface area (Å²) in [7, 11) is 3.16. The molecule has 3 aromatic rings. The largest absolute Gasteiger partial charge is 0.497 e. The Kier molecular flexibility index (Phi) is 4.38. The standard InChI is InChI=1S/C21H18N4O3/c1-26-13-8-9-14(16(10-13)27-2)17-15(11-22)20(23)28-21-18(17)19(24-25-21)12-6-4-3-5-7-12/h3-10,17H,23H2,1-2H3,(H,24,25)/t17-/m0/s1. The first-order valence-electron chi connectivity index (χ1n) is 8.61. The second-order valence-corrected chi connectivity index (χ2v) is 6.22. The predicted molar refractivity (Wildman–Crippen MR) is 103 cm³/mol. The molecule has 1 aromatic heterocycles. The van der Waals surface area contributed by atoms with Crippen molar-refractivity contribution < 1.29 is 14.2 Å². The molecule has 28 heavy (non-hydrogen) atoms. The molecule has 1 atom stereocenters. The van der Waals surface area contributed by atoms with Crippen LogP contribution in [0.4, 0.5) is 0 Å². The summed E-state index contributed by atoms with van der Waals surface area (Å²) in [6, 6.07) is 17.4. The van der Waals surface area contributed by atoms with Gasteiger partial charge in [-0.2, -0.15) is 5.26 Å². The smallest absolute Gasteiger partial charge is 0.244 e. The summed E-state index contributed by atoms with van der Waals surface area (Å²) in [6.07, 6.45) is 0. The normalized spacial score (nSPS) is 15.4. The van der Waals surface area contributed by atoms with Crippen LogP contribution in [0.1, 0.15) is 17.0 Å². The summed E-state index contributed by atoms with van der Waals surface area (Å²) < 4.78 is 16.5. The molecule has 2 aromatic carbocycles. The van der Waals surface area contributed by atoms with E-state index in [1.165, 1.54) is 0 Å². The first-order chi connectivity index (χ1) is 13.7. The van der Waals surface area contributed by atoms with Gasteiger partial charge in [0.25, 0.3) is 0 Å². The van der Waals surface area contributed by atoms with Crippen molar-refractivity contribution in [3.8, 4) is 34.7 Å². The summed E-state index contributed by atoms with van der Waals surface area (Å²) in [5, 5.41) is 17.1. The number of benzene rings is 2. The summed E-state index contributed by atoms with van der Waals surface area (Å²) in [4.78, 5) is 0. The molecule has 0 radical (unpaired) electrons. The van der Waals surface area contributed by atoms with Gasteiger partial charge in [0.2, 0.25) is 11.8 Å². The maximum absolute atomic E-state index is 9.82. The van der Waals surface area contributed by atoms with Crippen molar-refractivity contribution in [3.05, 3.63) is 71.1 Å². The van der Waals surface area contributed by atoms with E-state index >= 15 is 0 Å². The highest BCUT2D eigenvalue weighted by Crippen LogP contribution is 2.48. The van der Waals surface area contributed by atoms with E-state index in [-0.39, 0.29) is 5.88 Å². The Morgan fingerprint density at radius 2 is 1.93 bits per heavy atom. The summed E-state index contributed by atoms with van der Waals surface area (Å²) in [5.41, 5.74) is 9.54. The molecule has 0 amide bonds. The van der Waals surface area contributed by atoms with Crippen molar-refractivity contribution in [2.45, 2.75) is 5.92 Å². The predicted octanol–water partition coefficient (Wildman–Crippen LogP) is 3.31. The van der Waals surface area contributed by atoms with E-state index < -0.39 is 5.92 Å². The van der Waals surface area contributed by atoms with E-state index in [9.17, 15) is 5.26 Å². The summed E-state index contributed by atoms with van der Waals surface area (Å²) >= 11 is 0. The number of allylic oxidation sites excluding steroid dienone is 1. The number of fused-ring (bicyclic) bond motifs is 1. The van der Waals surface area contributed by atoms with Crippen LogP contribution in [0.3, 0.4) is 0 Å². The van der Waals surface area contributed by atoms with Crippen molar-refractivity contribution in [3.63, 3.8) is 0 Å². The fraction of sp³-hybridized carbons (Fsp3) is 0.143. The van der Waals surface area contributed by atoms with E-state index in [0.29, 0.717) is 23.0 Å². The molecule has 7 nitrogen and oxygen atoms in total.